The van der Waals surface area contributed by atoms with Crippen LogP contribution in [0.15, 0.2) is 36.1 Å². The van der Waals surface area contributed by atoms with E-state index in [0.29, 0.717) is 54.3 Å². The highest BCUT2D eigenvalue weighted by Gasteiger charge is 2.36. The van der Waals surface area contributed by atoms with Crippen LogP contribution >= 0.6 is 0 Å². The Morgan fingerprint density at radius 1 is 1.10 bits per heavy atom. The summed E-state index contributed by atoms with van der Waals surface area (Å²) in [7, 11) is 2.00. The van der Waals surface area contributed by atoms with Gasteiger partial charge < -0.3 is 29.2 Å². The minimum absolute atomic E-state index is 0.0383. The molecule has 0 spiro atoms. The molecule has 0 radical (unpaired) electrons. The molecule has 1 aromatic heterocycles. The third-order valence-corrected chi connectivity index (χ3v) is 9.84. The summed E-state index contributed by atoms with van der Waals surface area (Å²) in [5, 5.41) is 14.7. The number of hydrogen-bond donors (Lipinski definition) is 1. The molecule has 1 N–H and O–H groups in total. The second-order valence-corrected chi connectivity index (χ2v) is 13.7. The van der Waals surface area contributed by atoms with Crippen molar-refractivity contribution in [3.63, 3.8) is 0 Å². The molecule has 2 aromatic rings. The zero-order chi connectivity index (χ0) is 35.0. The molecular formula is C36H49F3N4O5. The molecule has 1 aliphatic carbocycles. The first-order valence-corrected chi connectivity index (χ1v) is 16.9. The number of nitrogens with zero attached hydrogens (tertiary/aromatic N) is 4. The summed E-state index contributed by atoms with van der Waals surface area (Å²) in [6.07, 6.45) is 7.47. The Hall–Kier alpha value is -3.51. The zero-order valence-corrected chi connectivity index (χ0v) is 28.4. The molecule has 5 atom stereocenters. The Morgan fingerprint density at radius 3 is 2.44 bits per heavy atom. The number of likely N-dealkylation sites (N-methyl/N-ethyl adjacent to an activating group) is 1. The minimum atomic E-state index is -2.69. The van der Waals surface area contributed by atoms with Crippen LogP contribution in [0.2, 0.25) is 0 Å². The van der Waals surface area contributed by atoms with Gasteiger partial charge in [-0.1, -0.05) is 31.6 Å². The summed E-state index contributed by atoms with van der Waals surface area (Å²) in [4.78, 5) is 40.1. The summed E-state index contributed by atoms with van der Waals surface area (Å²) >= 11 is 0. The zero-order valence-electron chi connectivity index (χ0n) is 28.4. The number of aromatic nitrogens is 2. The Kier molecular flexibility index (Phi) is 13.0. The van der Waals surface area contributed by atoms with E-state index in [2.05, 4.69) is 10.00 Å². The molecule has 0 bridgehead atoms. The normalized spacial score (nSPS) is 21.2. The summed E-state index contributed by atoms with van der Waals surface area (Å²) in [5.41, 5.74) is 1.75. The van der Waals surface area contributed by atoms with Gasteiger partial charge in [0.05, 0.1) is 29.2 Å². The Morgan fingerprint density at radius 2 is 1.79 bits per heavy atom. The molecule has 0 unspecified atom stereocenters. The van der Waals surface area contributed by atoms with E-state index in [0.717, 1.165) is 19.4 Å². The first kappa shape index (κ1) is 37.3. The monoisotopic (exact) mass is 674 g/mol. The molecular weight excluding hydrogens is 625 g/mol. The molecule has 48 heavy (non-hydrogen) atoms. The van der Waals surface area contributed by atoms with Gasteiger partial charge in [0.1, 0.15) is 24.5 Å². The fourth-order valence-corrected chi connectivity index (χ4v) is 6.55. The highest BCUT2D eigenvalue weighted by Crippen LogP contribution is 2.39. The molecule has 4 rings (SSSR count). The van der Waals surface area contributed by atoms with Crippen LogP contribution in [-0.4, -0.2) is 94.7 Å². The molecule has 2 heterocycles. The number of carbonyl (C=O) groups excluding carboxylic acids is 3. The quantitative estimate of drug-likeness (QED) is 0.181. The number of carbonyl (C=O) groups is 3. The van der Waals surface area contributed by atoms with E-state index < -0.39 is 36.0 Å². The second kappa shape index (κ2) is 16.7. The van der Waals surface area contributed by atoms with Crippen molar-refractivity contribution >= 4 is 35.6 Å². The van der Waals surface area contributed by atoms with Gasteiger partial charge >= 0.3 is 6.09 Å². The maximum atomic E-state index is 15.2. The third-order valence-electron chi connectivity index (χ3n) is 9.84. The average Bonchev–Trinajstić information content (AvgIpc) is 3.47. The van der Waals surface area contributed by atoms with Crippen LogP contribution in [0.1, 0.15) is 77.3 Å². The molecule has 9 nitrogen and oxygen atoms in total. The minimum Gasteiger partial charge on any atom is -0.442 e. The number of aliphatic hydroxyl groups excluding tert-OH is 1. The molecule has 264 valence electrons. The number of fused-ring (bicyclic) bond motifs is 1. The molecule has 1 saturated heterocycles. The van der Waals surface area contributed by atoms with E-state index in [-0.39, 0.29) is 50.0 Å². The number of halogens is 3. The van der Waals surface area contributed by atoms with Crippen LogP contribution in [0.3, 0.4) is 0 Å². The number of hydrogen-bond acceptors (Lipinski definition) is 7. The van der Waals surface area contributed by atoms with Gasteiger partial charge in [-0.3, -0.25) is 4.68 Å². The molecule has 12 heteroatoms. The lowest BCUT2D eigenvalue weighted by molar-refractivity contribution is -0.111. The Balaban J connectivity index is 1.51. The van der Waals surface area contributed by atoms with Crippen molar-refractivity contribution < 1.29 is 37.4 Å². The number of alkyl halides is 2. The summed E-state index contributed by atoms with van der Waals surface area (Å²) in [5.74, 6) is -4.21. The molecule has 1 aliphatic heterocycles. The van der Waals surface area contributed by atoms with Crippen molar-refractivity contribution in [3.8, 4) is 0 Å². The van der Waals surface area contributed by atoms with E-state index in [1.807, 2.05) is 27.0 Å². The Bertz CT molecular complexity index is 1460. The number of ether oxygens (including phenoxy) is 1. The number of benzene rings is 1. The lowest BCUT2D eigenvalue weighted by Crippen LogP contribution is -2.48. The largest absolute Gasteiger partial charge is 0.442 e. The third kappa shape index (κ3) is 9.78. The van der Waals surface area contributed by atoms with Crippen LogP contribution in [0.5, 0.6) is 0 Å². The number of aliphatic hydroxyl groups is 1. The van der Waals surface area contributed by atoms with Gasteiger partial charge in [-0.15, -0.1) is 0 Å². The first-order valence-electron chi connectivity index (χ1n) is 16.9. The molecule has 2 aliphatic rings. The van der Waals surface area contributed by atoms with Crippen molar-refractivity contribution in [1.82, 2.24) is 19.6 Å². The fourth-order valence-electron chi connectivity index (χ4n) is 6.55. The Labute approximate surface area is 280 Å². The standard InChI is InChI=1S/C36H49F3N4O5/c1-24(6-8-34(25(2)5-7-29(46)11-18-44)48-35(47)42-16-14-41(4)15-17-42)31(23-45)26(3)19-27-20-32(37)30-22-40-43(33(30)21-27)28-9-12-36(38,39)13-10-28/h6,8,18-25,28-29,31,34,46H,5,7,9-17H2,1-4H3/b8-6+,26-19+/t24-,25-,29+,31-,34-/m0/s1. The van der Waals surface area contributed by atoms with Crippen molar-refractivity contribution in [2.75, 3.05) is 33.2 Å². The molecule has 1 aromatic carbocycles. The highest BCUT2D eigenvalue weighted by molar-refractivity contribution is 5.82. The van der Waals surface area contributed by atoms with Gasteiger partial charge in [-0.25, -0.2) is 18.0 Å². The maximum Gasteiger partial charge on any atom is 0.410 e. The lowest BCUT2D eigenvalue weighted by atomic mass is 9.86. The van der Waals surface area contributed by atoms with Crippen LogP contribution in [0.25, 0.3) is 17.0 Å². The number of amides is 1. The predicted octanol–water partition coefficient (Wildman–Crippen LogP) is 6.46. The van der Waals surface area contributed by atoms with E-state index in [1.54, 1.807) is 34.7 Å². The van der Waals surface area contributed by atoms with Gasteiger partial charge in [0.25, 0.3) is 0 Å². The molecule has 1 saturated carbocycles. The van der Waals surface area contributed by atoms with Gasteiger partial charge in [0.2, 0.25) is 5.92 Å². The smallest absolute Gasteiger partial charge is 0.410 e. The number of piperazine rings is 1. The van der Waals surface area contributed by atoms with Gasteiger partial charge in [-0.2, -0.15) is 5.10 Å². The topological polar surface area (TPSA) is 105 Å². The lowest BCUT2D eigenvalue weighted by Gasteiger charge is -2.33. The summed E-state index contributed by atoms with van der Waals surface area (Å²) < 4.78 is 50.3. The SMILES string of the molecule is C/C(=C\c1cc(F)c2cnn(C3CCC(F)(F)CC3)c2c1)[C@@H](C=O)[C@@H](C)/C=C/[C@H](OC(=O)N1CCN(C)CC1)[C@@H](C)CC[C@@H](O)CC=O. The predicted molar refractivity (Wildman–Crippen MR) is 178 cm³/mol. The van der Waals surface area contributed by atoms with Gasteiger partial charge in [0.15, 0.2) is 0 Å². The van der Waals surface area contributed by atoms with Crippen LogP contribution in [0.4, 0.5) is 18.0 Å². The average molecular weight is 675 g/mol. The number of allylic oxidation sites excluding steroid dienone is 2. The van der Waals surface area contributed by atoms with E-state index >= 15 is 4.39 Å². The van der Waals surface area contributed by atoms with Crippen LogP contribution in [-0.2, 0) is 14.3 Å². The van der Waals surface area contributed by atoms with Crippen LogP contribution in [0, 0.1) is 23.6 Å². The van der Waals surface area contributed by atoms with Crippen molar-refractivity contribution in [3.05, 3.63) is 47.4 Å². The van der Waals surface area contributed by atoms with Crippen molar-refractivity contribution in [2.45, 2.75) is 89.9 Å². The number of aldehydes is 2. The molecule has 2 fully saturated rings. The first-order chi connectivity index (χ1) is 22.8. The fraction of sp³-hybridized carbons (Fsp3) is 0.611. The van der Waals surface area contributed by atoms with Crippen molar-refractivity contribution in [2.24, 2.45) is 17.8 Å². The van der Waals surface area contributed by atoms with Crippen LogP contribution < -0.4 is 0 Å². The maximum absolute atomic E-state index is 15.2. The van der Waals surface area contributed by atoms with Gasteiger partial charge in [-0.05, 0) is 75.3 Å². The summed E-state index contributed by atoms with van der Waals surface area (Å²) in [6.45, 7) is 8.18. The molecule has 1 amide bonds. The van der Waals surface area contributed by atoms with Crippen molar-refractivity contribution in [1.29, 1.82) is 0 Å². The van der Waals surface area contributed by atoms with E-state index in [9.17, 15) is 28.3 Å². The summed E-state index contributed by atoms with van der Waals surface area (Å²) in [6, 6.07) is 2.91. The van der Waals surface area contributed by atoms with Gasteiger partial charge in [0, 0.05) is 51.4 Å². The number of rotatable bonds is 14. The van der Waals surface area contributed by atoms with E-state index in [1.165, 1.54) is 12.3 Å². The highest BCUT2D eigenvalue weighted by atomic mass is 19.3. The van der Waals surface area contributed by atoms with E-state index in [4.69, 9.17) is 4.74 Å². The second-order valence-electron chi connectivity index (χ2n) is 13.7.